The Kier molecular flexibility index (Phi) is 13.5. The van der Waals surface area contributed by atoms with Crippen LogP contribution >= 0.6 is 11.6 Å². The van der Waals surface area contributed by atoms with Gasteiger partial charge < -0.3 is 14.2 Å². The largest absolute Gasteiger partial charge is 0.444 e. The Morgan fingerprint density at radius 2 is 1.27 bits per heavy atom. The van der Waals surface area contributed by atoms with Gasteiger partial charge >= 0.3 is 24.3 Å². The average Bonchev–Trinajstić information content (AvgIpc) is 2.92. The van der Waals surface area contributed by atoms with Gasteiger partial charge in [-0.25, -0.2) is 19.4 Å². The van der Waals surface area contributed by atoms with Crippen LogP contribution in [-0.4, -0.2) is 41.5 Å². The molecule has 11 nitrogen and oxygen atoms in total. The summed E-state index contributed by atoms with van der Waals surface area (Å²) in [6, 6.07) is 21.5. The molecule has 0 aliphatic heterocycles. The van der Waals surface area contributed by atoms with Crippen LogP contribution in [0.4, 0.5) is 15.3 Å². The lowest BCUT2D eigenvalue weighted by Crippen LogP contribution is -2.47. The van der Waals surface area contributed by atoms with E-state index in [1.54, 1.807) is 53.7 Å². The number of carbonyl (C=O) groups is 3. The molecule has 45 heavy (non-hydrogen) atoms. The molecule has 0 radical (unpaired) electrons. The van der Waals surface area contributed by atoms with Crippen molar-refractivity contribution in [2.45, 2.75) is 65.6 Å². The number of hydrogen-bond acceptors (Lipinski definition) is 9. The fraction of sp³-hybridized carbons (Fsp3) is 0.303. The summed E-state index contributed by atoms with van der Waals surface area (Å²) < 4.78 is 16.0. The normalized spacial score (nSPS) is 10.6. The van der Waals surface area contributed by atoms with Crippen LogP contribution in [0.25, 0.3) is 0 Å². The summed E-state index contributed by atoms with van der Waals surface area (Å²) >= 11 is 6.40. The van der Waals surface area contributed by atoms with Gasteiger partial charge in [-0.2, -0.15) is 9.59 Å². The number of rotatable bonds is 6. The molecule has 0 aliphatic rings. The zero-order valence-electron chi connectivity index (χ0n) is 25.9. The Balaban J connectivity index is 0.00000226. The number of amides is 2. The zero-order chi connectivity index (χ0) is 33.6. The van der Waals surface area contributed by atoms with E-state index in [9.17, 15) is 14.4 Å². The lowest BCUT2D eigenvalue weighted by Gasteiger charge is -2.22. The van der Waals surface area contributed by atoms with Crippen molar-refractivity contribution in [2.75, 3.05) is 0 Å². The van der Waals surface area contributed by atoms with Crippen LogP contribution in [0.15, 0.2) is 77.8 Å². The maximum Gasteiger partial charge on any atom is 0.414 e. The summed E-state index contributed by atoms with van der Waals surface area (Å²) in [5.74, 6) is -0.575. The quantitative estimate of drug-likeness (QED) is 0.130. The highest BCUT2D eigenvalue weighted by Gasteiger charge is 2.21. The minimum Gasteiger partial charge on any atom is -0.444 e. The standard InChI is InChI=1S/C32H36ClN3O6.CO2/c1-31(2,3)41-29(38)35-28(36-30(39)42-32(4,5)6)34-24-17-15-23(16-18-24)27(37)40-26-19-14-22(20-25(26)33)13-12-21-10-8-7-9-11-21;2-1-3/h7-11,14-20H,12-13H2,1-6H3,(H2,34,35,36,38,39);. The van der Waals surface area contributed by atoms with Crippen LogP contribution in [0.5, 0.6) is 5.75 Å². The van der Waals surface area contributed by atoms with Gasteiger partial charge in [0.15, 0.2) is 0 Å². The molecule has 2 N–H and O–H groups in total. The first kappa shape index (κ1) is 36.2. The van der Waals surface area contributed by atoms with Gasteiger partial charge in [-0.15, -0.1) is 0 Å². The summed E-state index contributed by atoms with van der Waals surface area (Å²) in [5.41, 5.74) is 1.30. The van der Waals surface area contributed by atoms with Crippen molar-refractivity contribution >= 4 is 47.6 Å². The first-order valence-electron chi connectivity index (χ1n) is 13.8. The van der Waals surface area contributed by atoms with Crippen molar-refractivity contribution in [1.29, 1.82) is 0 Å². The third kappa shape index (κ3) is 14.4. The predicted molar refractivity (Wildman–Crippen MR) is 168 cm³/mol. The molecule has 12 heteroatoms. The number of hydrogen-bond donors (Lipinski definition) is 2. The summed E-state index contributed by atoms with van der Waals surface area (Å²) in [6.45, 7) is 10.2. The smallest absolute Gasteiger partial charge is 0.414 e. The topological polar surface area (TPSA) is 149 Å². The number of ether oxygens (including phenoxy) is 3. The number of carbonyl (C=O) groups excluding carboxylic acids is 5. The van der Waals surface area contributed by atoms with E-state index in [0.29, 0.717) is 10.7 Å². The van der Waals surface area contributed by atoms with Crippen molar-refractivity contribution in [3.8, 4) is 5.75 Å². The van der Waals surface area contributed by atoms with Crippen molar-refractivity contribution in [1.82, 2.24) is 10.6 Å². The molecule has 3 rings (SSSR count). The molecule has 0 aromatic heterocycles. The molecule has 3 aromatic carbocycles. The molecule has 0 spiro atoms. The van der Waals surface area contributed by atoms with Crippen molar-refractivity contribution in [2.24, 2.45) is 4.99 Å². The molecular formula is C33H36ClN3O8. The first-order valence-corrected chi connectivity index (χ1v) is 14.2. The molecule has 0 saturated carbocycles. The second-order valence-corrected chi connectivity index (χ2v) is 11.9. The van der Waals surface area contributed by atoms with E-state index < -0.39 is 29.4 Å². The number of aryl methyl sites for hydroxylation is 2. The fourth-order valence-electron chi connectivity index (χ4n) is 3.56. The Morgan fingerprint density at radius 1 is 0.756 bits per heavy atom. The van der Waals surface area contributed by atoms with Gasteiger partial charge in [0.1, 0.15) is 17.0 Å². The fourth-order valence-corrected chi connectivity index (χ4v) is 3.81. The van der Waals surface area contributed by atoms with Gasteiger partial charge in [-0.05, 0) is 102 Å². The molecular weight excluding hydrogens is 602 g/mol. The lowest BCUT2D eigenvalue weighted by atomic mass is 10.0. The second-order valence-electron chi connectivity index (χ2n) is 11.5. The third-order valence-electron chi connectivity index (χ3n) is 5.33. The maximum atomic E-state index is 12.8. The van der Waals surface area contributed by atoms with Crippen LogP contribution in [0.1, 0.15) is 63.0 Å². The molecule has 0 heterocycles. The van der Waals surface area contributed by atoms with Gasteiger partial charge in [0.05, 0.1) is 16.3 Å². The predicted octanol–water partition coefficient (Wildman–Crippen LogP) is 6.80. The molecule has 0 bridgehead atoms. The highest BCUT2D eigenvalue weighted by molar-refractivity contribution is 6.32. The number of esters is 1. The second kappa shape index (κ2) is 16.7. The van der Waals surface area contributed by atoms with Gasteiger partial charge in [0.2, 0.25) is 5.96 Å². The van der Waals surface area contributed by atoms with Crippen molar-refractivity contribution in [3.63, 3.8) is 0 Å². The number of guanidine groups is 1. The van der Waals surface area contributed by atoms with E-state index in [0.717, 1.165) is 18.4 Å². The molecule has 0 atom stereocenters. The molecule has 0 saturated heterocycles. The third-order valence-corrected chi connectivity index (χ3v) is 5.62. The molecule has 0 unspecified atom stereocenters. The van der Waals surface area contributed by atoms with Gasteiger partial charge in [0, 0.05) is 0 Å². The van der Waals surface area contributed by atoms with E-state index in [-0.39, 0.29) is 23.4 Å². The molecule has 3 aromatic rings. The maximum absolute atomic E-state index is 12.8. The number of aliphatic imine (C=N–C) groups is 1. The lowest BCUT2D eigenvalue weighted by molar-refractivity contribution is -0.191. The van der Waals surface area contributed by atoms with Crippen LogP contribution in [-0.2, 0) is 31.9 Å². The van der Waals surface area contributed by atoms with Crippen LogP contribution < -0.4 is 15.4 Å². The summed E-state index contributed by atoms with van der Waals surface area (Å²) in [6.07, 6.45) is 0.280. The Bertz CT molecular complexity index is 1490. The average molecular weight is 638 g/mol. The number of halogens is 1. The molecule has 2 amide bonds. The van der Waals surface area contributed by atoms with Crippen LogP contribution in [0.3, 0.4) is 0 Å². The van der Waals surface area contributed by atoms with E-state index >= 15 is 0 Å². The monoisotopic (exact) mass is 637 g/mol. The minimum absolute atomic E-state index is 0.215. The van der Waals surface area contributed by atoms with Gasteiger partial charge in [-0.1, -0.05) is 48.0 Å². The summed E-state index contributed by atoms with van der Waals surface area (Å²) in [5, 5.41) is 5.15. The van der Waals surface area contributed by atoms with Gasteiger partial charge in [0.25, 0.3) is 0 Å². The Morgan fingerprint density at radius 3 is 1.76 bits per heavy atom. The highest BCUT2D eigenvalue weighted by atomic mass is 35.5. The van der Waals surface area contributed by atoms with Gasteiger partial charge in [-0.3, -0.25) is 10.6 Å². The van der Waals surface area contributed by atoms with E-state index in [1.807, 2.05) is 24.3 Å². The van der Waals surface area contributed by atoms with Crippen LogP contribution in [0.2, 0.25) is 5.02 Å². The van der Waals surface area contributed by atoms with E-state index in [1.165, 1.54) is 29.8 Å². The first-order chi connectivity index (χ1) is 21.1. The number of nitrogens with zero attached hydrogens (tertiary/aromatic N) is 1. The zero-order valence-corrected chi connectivity index (χ0v) is 26.7. The molecule has 0 fully saturated rings. The SMILES string of the molecule is CC(C)(C)OC(=O)NC(=Nc1ccc(C(=O)Oc2ccc(CCc3ccccc3)cc2Cl)cc1)NC(=O)OC(C)(C)C.O=C=O. The summed E-state index contributed by atoms with van der Waals surface area (Å²) in [4.78, 5) is 57.9. The highest BCUT2D eigenvalue weighted by Crippen LogP contribution is 2.27. The Labute approximate surface area is 266 Å². The van der Waals surface area contributed by atoms with E-state index in [4.69, 9.17) is 35.4 Å². The summed E-state index contributed by atoms with van der Waals surface area (Å²) in [7, 11) is 0. The Hall–Kier alpha value is -4.99. The van der Waals surface area contributed by atoms with Crippen LogP contribution in [0, 0.1) is 0 Å². The number of alkyl carbamates (subject to hydrolysis) is 2. The number of nitrogens with one attached hydrogen (secondary N) is 2. The molecule has 238 valence electrons. The van der Waals surface area contributed by atoms with Crippen molar-refractivity contribution in [3.05, 3.63) is 94.5 Å². The minimum atomic E-state index is -0.819. The molecule has 0 aliphatic carbocycles. The van der Waals surface area contributed by atoms with Crippen molar-refractivity contribution < 1.29 is 38.2 Å². The van der Waals surface area contributed by atoms with E-state index in [2.05, 4.69) is 27.8 Å². The number of benzene rings is 3.